The lowest BCUT2D eigenvalue weighted by Crippen LogP contribution is -2.46. The molecule has 1 heterocycles. The van der Waals surface area contributed by atoms with Gasteiger partial charge in [-0.2, -0.15) is 0 Å². The fourth-order valence-electron chi connectivity index (χ4n) is 3.23. The first-order chi connectivity index (χ1) is 12.0. The van der Waals surface area contributed by atoms with Crippen LogP contribution < -0.4 is 10.6 Å². The number of nitrogens with zero attached hydrogens (tertiary/aromatic N) is 1. The predicted molar refractivity (Wildman–Crippen MR) is 96.8 cm³/mol. The summed E-state index contributed by atoms with van der Waals surface area (Å²) in [6.45, 7) is 7.40. The molecule has 1 aromatic carbocycles. The average molecular weight is 359 g/mol. The van der Waals surface area contributed by atoms with Crippen LogP contribution in [-0.4, -0.2) is 39.9 Å². The highest BCUT2D eigenvalue weighted by Gasteiger charge is 2.56. The summed E-state index contributed by atoms with van der Waals surface area (Å²) in [4.78, 5) is 38.0. The molecule has 7 heteroatoms. The van der Waals surface area contributed by atoms with E-state index in [4.69, 9.17) is 0 Å². The van der Waals surface area contributed by atoms with Gasteiger partial charge in [-0.1, -0.05) is 26.8 Å². The number of hydrogen-bond acceptors (Lipinski definition) is 4. The van der Waals surface area contributed by atoms with Crippen LogP contribution in [0.5, 0.6) is 5.75 Å². The zero-order valence-electron chi connectivity index (χ0n) is 15.5. The number of nitrogens with one attached hydrogen (secondary N) is 2. The van der Waals surface area contributed by atoms with Crippen LogP contribution in [0.25, 0.3) is 0 Å². The number of amides is 4. The van der Waals surface area contributed by atoms with E-state index in [2.05, 4.69) is 10.6 Å². The van der Waals surface area contributed by atoms with Crippen molar-refractivity contribution in [3.05, 3.63) is 23.8 Å². The van der Waals surface area contributed by atoms with Gasteiger partial charge < -0.3 is 15.7 Å². The molecule has 0 spiro atoms. The molecule has 26 heavy (non-hydrogen) atoms. The van der Waals surface area contributed by atoms with E-state index in [1.165, 1.54) is 6.07 Å². The molecule has 140 valence electrons. The molecule has 0 aromatic heterocycles. The Labute approximate surface area is 152 Å². The van der Waals surface area contributed by atoms with Gasteiger partial charge in [0.2, 0.25) is 5.91 Å². The van der Waals surface area contributed by atoms with Gasteiger partial charge in [0.1, 0.15) is 17.8 Å². The van der Waals surface area contributed by atoms with E-state index in [1.54, 1.807) is 19.1 Å². The Morgan fingerprint density at radius 1 is 1.35 bits per heavy atom. The lowest BCUT2D eigenvalue weighted by molar-refractivity contribution is -0.134. The molecule has 4 amide bonds. The molecule has 1 atom stereocenters. The number of phenolic OH excluding ortho intramolecular Hbond substituents is 1. The summed E-state index contributed by atoms with van der Waals surface area (Å²) >= 11 is 0. The van der Waals surface area contributed by atoms with Crippen LogP contribution in [0.4, 0.5) is 10.5 Å². The number of benzene rings is 1. The van der Waals surface area contributed by atoms with Gasteiger partial charge in [0.15, 0.2) is 0 Å². The third-order valence-corrected chi connectivity index (χ3v) is 5.13. The van der Waals surface area contributed by atoms with Crippen LogP contribution in [-0.2, 0) is 15.0 Å². The lowest BCUT2D eigenvalue weighted by Gasteiger charge is -2.21. The first-order valence-electron chi connectivity index (χ1n) is 8.80. The Bertz CT molecular complexity index is 779. The van der Waals surface area contributed by atoms with Gasteiger partial charge in [0.05, 0.1) is 5.69 Å². The molecule has 1 saturated carbocycles. The highest BCUT2D eigenvalue weighted by Crippen LogP contribution is 2.42. The Morgan fingerprint density at radius 3 is 2.58 bits per heavy atom. The monoisotopic (exact) mass is 359 g/mol. The summed E-state index contributed by atoms with van der Waals surface area (Å²) in [5.41, 5.74) is 0.150. The van der Waals surface area contributed by atoms with E-state index in [1.807, 2.05) is 20.8 Å². The van der Waals surface area contributed by atoms with Gasteiger partial charge >= 0.3 is 6.03 Å². The number of rotatable bonds is 4. The number of aromatic hydroxyl groups is 1. The van der Waals surface area contributed by atoms with Crippen molar-refractivity contribution in [1.29, 1.82) is 0 Å². The zero-order valence-corrected chi connectivity index (χ0v) is 15.5. The molecule has 2 fully saturated rings. The summed E-state index contributed by atoms with van der Waals surface area (Å²) < 4.78 is 0. The second-order valence-electron chi connectivity index (χ2n) is 8.33. The Kier molecular flexibility index (Phi) is 4.21. The first-order valence-corrected chi connectivity index (χ1v) is 8.80. The van der Waals surface area contributed by atoms with Gasteiger partial charge in [-0.3, -0.25) is 14.5 Å². The summed E-state index contributed by atoms with van der Waals surface area (Å²) in [6, 6.07) is 4.47. The predicted octanol–water partition coefficient (Wildman–Crippen LogP) is 2.35. The average Bonchev–Trinajstić information content (AvgIpc) is 3.35. The molecule has 0 bridgehead atoms. The molecule has 7 nitrogen and oxygen atoms in total. The molecule has 1 unspecified atom stereocenters. The smallest absolute Gasteiger partial charge is 0.325 e. The number of phenols is 1. The molecular formula is C19H25N3O4. The van der Waals surface area contributed by atoms with Crippen molar-refractivity contribution in [2.75, 3.05) is 11.9 Å². The zero-order chi connectivity index (χ0) is 19.3. The van der Waals surface area contributed by atoms with E-state index < -0.39 is 17.5 Å². The van der Waals surface area contributed by atoms with Crippen LogP contribution in [0.2, 0.25) is 0 Å². The Hall–Kier alpha value is -2.57. The number of hydrogen-bond donors (Lipinski definition) is 3. The highest BCUT2D eigenvalue weighted by atomic mass is 16.3. The van der Waals surface area contributed by atoms with Gasteiger partial charge in [-0.25, -0.2) is 4.79 Å². The van der Waals surface area contributed by atoms with Crippen molar-refractivity contribution >= 4 is 23.5 Å². The van der Waals surface area contributed by atoms with Crippen LogP contribution >= 0.6 is 0 Å². The molecule has 0 radical (unpaired) electrons. The minimum Gasteiger partial charge on any atom is -0.506 e. The highest BCUT2D eigenvalue weighted by molar-refractivity contribution is 6.10. The van der Waals surface area contributed by atoms with Gasteiger partial charge in [-0.15, -0.1) is 0 Å². The van der Waals surface area contributed by atoms with E-state index in [0.717, 1.165) is 23.3 Å². The molecule has 3 rings (SSSR count). The molecule has 1 saturated heterocycles. The summed E-state index contributed by atoms with van der Waals surface area (Å²) in [7, 11) is 0. The second-order valence-corrected chi connectivity index (χ2v) is 8.33. The lowest BCUT2D eigenvalue weighted by atomic mass is 9.87. The summed E-state index contributed by atoms with van der Waals surface area (Å²) in [5.74, 6) is -0.825. The van der Waals surface area contributed by atoms with Crippen molar-refractivity contribution in [3.8, 4) is 5.75 Å². The van der Waals surface area contributed by atoms with Crippen LogP contribution in [0.15, 0.2) is 18.2 Å². The van der Waals surface area contributed by atoms with E-state index >= 15 is 0 Å². The summed E-state index contributed by atoms with van der Waals surface area (Å²) in [6.07, 6.45) is 1.80. The summed E-state index contributed by atoms with van der Waals surface area (Å²) in [5, 5.41) is 15.3. The Morgan fingerprint density at radius 2 is 2.00 bits per heavy atom. The SMILES string of the molecule is CC(C)(C)c1ccc(O)c(NC(=O)CN2C(=O)NC(C)(C3CC3)C2=O)c1. The molecular weight excluding hydrogens is 334 g/mol. The van der Waals surface area contributed by atoms with Crippen LogP contribution in [0.1, 0.15) is 46.1 Å². The molecule has 1 aliphatic heterocycles. The fourth-order valence-corrected chi connectivity index (χ4v) is 3.23. The largest absolute Gasteiger partial charge is 0.506 e. The molecule has 1 aliphatic carbocycles. The molecule has 1 aromatic rings. The van der Waals surface area contributed by atoms with Crippen molar-refractivity contribution < 1.29 is 19.5 Å². The fraction of sp³-hybridized carbons (Fsp3) is 0.526. The van der Waals surface area contributed by atoms with E-state index in [-0.39, 0.29) is 35.2 Å². The van der Waals surface area contributed by atoms with Crippen molar-refractivity contribution in [3.63, 3.8) is 0 Å². The minimum absolute atomic E-state index is 0.0635. The van der Waals surface area contributed by atoms with Gasteiger partial charge in [0, 0.05) is 0 Å². The number of carbonyl (C=O) groups is 3. The maximum atomic E-state index is 12.6. The minimum atomic E-state index is -0.911. The standard InChI is InChI=1S/C19H25N3O4/c1-18(2,3)12-7-8-14(23)13(9-12)20-15(24)10-22-16(25)19(4,11-5-6-11)21-17(22)26/h7-9,11,23H,5-6,10H2,1-4H3,(H,20,24)(H,21,26). The van der Waals surface area contributed by atoms with Crippen LogP contribution in [0.3, 0.4) is 0 Å². The maximum absolute atomic E-state index is 12.6. The Balaban J connectivity index is 1.72. The van der Waals surface area contributed by atoms with Crippen LogP contribution in [0, 0.1) is 5.92 Å². The molecule has 3 N–H and O–H groups in total. The van der Waals surface area contributed by atoms with Gasteiger partial charge in [-0.05, 0) is 48.8 Å². The maximum Gasteiger partial charge on any atom is 0.325 e. The number of carbonyl (C=O) groups excluding carboxylic acids is 3. The third-order valence-electron chi connectivity index (χ3n) is 5.13. The van der Waals surface area contributed by atoms with E-state index in [0.29, 0.717) is 0 Å². The number of imide groups is 1. The molecule has 2 aliphatic rings. The van der Waals surface area contributed by atoms with Crippen molar-refractivity contribution in [2.45, 2.75) is 51.5 Å². The normalized spacial score (nSPS) is 23.2. The first kappa shape index (κ1) is 18.2. The van der Waals surface area contributed by atoms with Gasteiger partial charge in [0.25, 0.3) is 5.91 Å². The number of urea groups is 1. The van der Waals surface area contributed by atoms with Crippen molar-refractivity contribution in [1.82, 2.24) is 10.2 Å². The van der Waals surface area contributed by atoms with Crippen molar-refractivity contribution in [2.24, 2.45) is 5.92 Å². The topological polar surface area (TPSA) is 98.7 Å². The quantitative estimate of drug-likeness (QED) is 0.568. The second kappa shape index (κ2) is 6.00. The third kappa shape index (κ3) is 3.25. The van der Waals surface area contributed by atoms with E-state index in [9.17, 15) is 19.5 Å². The number of anilines is 1.